The van der Waals surface area contributed by atoms with Gasteiger partial charge in [0.1, 0.15) is 9.90 Å². The predicted octanol–water partition coefficient (Wildman–Crippen LogP) is 4.90. The lowest BCUT2D eigenvalue weighted by atomic mass is 10.1. The van der Waals surface area contributed by atoms with E-state index in [1.807, 2.05) is 66.7 Å². The van der Waals surface area contributed by atoms with Crippen molar-refractivity contribution < 1.29 is 12.9 Å². The van der Waals surface area contributed by atoms with Gasteiger partial charge in [-0.2, -0.15) is 0 Å². The van der Waals surface area contributed by atoms with Crippen LogP contribution in [0.4, 0.5) is 0 Å². The van der Waals surface area contributed by atoms with E-state index in [1.165, 1.54) is 16.9 Å². The number of nitrogens with one attached hydrogen (secondary N) is 1. The van der Waals surface area contributed by atoms with E-state index in [0.717, 1.165) is 16.9 Å². The maximum Gasteiger partial charge on any atom is 0.250 e. The largest absolute Gasteiger partial charge is 0.356 e. The molecular formula is C22H18N2O3S2. The molecule has 0 amide bonds. The Morgan fingerprint density at radius 2 is 1.69 bits per heavy atom. The third-order valence-electron chi connectivity index (χ3n) is 4.99. The van der Waals surface area contributed by atoms with Crippen molar-refractivity contribution in [2.45, 2.75) is 22.6 Å². The summed E-state index contributed by atoms with van der Waals surface area (Å²) in [5.74, 6) is 0.898. The van der Waals surface area contributed by atoms with E-state index in [0.29, 0.717) is 11.5 Å². The number of hydrogen-bond acceptors (Lipinski definition) is 5. The van der Waals surface area contributed by atoms with Crippen LogP contribution in [-0.2, 0) is 10.0 Å². The first-order chi connectivity index (χ1) is 14.1. The first-order valence-electron chi connectivity index (χ1n) is 9.30. The number of aromatic nitrogens is 1. The van der Waals surface area contributed by atoms with Crippen LogP contribution in [0.3, 0.4) is 0 Å². The van der Waals surface area contributed by atoms with Crippen LogP contribution in [0.2, 0.25) is 0 Å². The summed E-state index contributed by atoms with van der Waals surface area (Å²) in [5, 5.41) is 4.10. The summed E-state index contributed by atoms with van der Waals surface area (Å²) in [6.07, 6.45) is 0.825. The van der Waals surface area contributed by atoms with Crippen molar-refractivity contribution in [3.05, 3.63) is 84.4 Å². The number of nitrogens with zero attached hydrogens (tertiary/aromatic N) is 1. The summed E-state index contributed by atoms with van der Waals surface area (Å²) < 4.78 is 34.1. The number of benzene rings is 2. The Morgan fingerprint density at radius 3 is 2.45 bits per heavy atom. The van der Waals surface area contributed by atoms with Gasteiger partial charge in [-0.3, -0.25) is 0 Å². The maximum atomic E-state index is 12.8. The number of hydrogen-bond donors (Lipinski definition) is 1. The van der Waals surface area contributed by atoms with Gasteiger partial charge < -0.3 is 4.52 Å². The molecular weight excluding hydrogens is 404 g/mol. The Bertz CT molecular complexity index is 1230. The van der Waals surface area contributed by atoms with Gasteiger partial charge >= 0.3 is 0 Å². The monoisotopic (exact) mass is 422 g/mol. The van der Waals surface area contributed by atoms with Crippen molar-refractivity contribution in [2.24, 2.45) is 0 Å². The van der Waals surface area contributed by atoms with Gasteiger partial charge in [-0.1, -0.05) is 65.8 Å². The molecule has 5 nitrogen and oxygen atoms in total. The average molecular weight is 423 g/mol. The molecule has 1 aliphatic rings. The lowest BCUT2D eigenvalue weighted by molar-refractivity contribution is 0.435. The van der Waals surface area contributed by atoms with E-state index >= 15 is 0 Å². The molecule has 0 unspecified atom stereocenters. The topological polar surface area (TPSA) is 72.2 Å². The molecule has 2 atom stereocenters. The molecule has 1 aliphatic carbocycles. The summed E-state index contributed by atoms with van der Waals surface area (Å²) in [6.45, 7) is 0. The van der Waals surface area contributed by atoms with Crippen molar-refractivity contribution in [1.29, 1.82) is 0 Å². The second-order valence-corrected chi connectivity index (χ2v) is 10.1. The highest BCUT2D eigenvalue weighted by Gasteiger charge is 2.41. The average Bonchev–Trinajstić information content (AvgIpc) is 3.14. The first-order valence-corrected chi connectivity index (χ1v) is 11.6. The van der Waals surface area contributed by atoms with Gasteiger partial charge in [-0.25, -0.2) is 13.1 Å². The van der Waals surface area contributed by atoms with Gasteiger partial charge in [0.05, 0.1) is 4.88 Å². The van der Waals surface area contributed by atoms with Crippen LogP contribution in [0.5, 0.6) is 0 Å². The van der Waals surface area contributed by atoms with Crippen LogP contribution >= 0.6 is 11.3 Å². The Hall–Kier alpha value is -2.74. The normalized spacial score (nSPS) is 18.6. The molecule has 2 aromatic carbocycles. The number of thiophene rings is 1. The molecule has 2 heterocycles. The maximum absolute atomic E-state index is 12.8. The summed E-state index contributed by atoms with van der Waals surface area (Å²) in [6, 6.07) is 24.9. The first kappa shape index (κ1) is 18.3. The van der Waals surface area contributed by atoms with Gasteiger partial charge in [0.15, 0.2) is 5.76 Å². The Balaban J connectivity index is 1.32. The van der Waals surface area contributed by atoms with Crippen molar-refractivity contribution in [1.82, 2.24) is 9.88 Å². The summed E-state index contributed by atoms with van der Waals surface area (Å²) in [4.78, 5) is 0.756. The summed E-state index contributed by atoms with van der Waals surface area (Å²) in [5.41, 5.74) is 2.73. The van der Waals surface area contributed by atoms with Gasteiger partial charge in [-0.15, -0.1) is 11.3 Å². The van der Waals surface area contributed by atoms with E-state index in [9.17, 15) is 8.42 Å². The van der Waals surface area contributed by atoms with Gasteiger partial charge in [0, 0.05) is 23.6 Å². The Morgan fingerprint density at radius 1 is 0.966 bits per heavy atom. The zero-order chi connectivity index (χ0) is 19.8. The second kappa shape index (κ2) is 7.26. The van der Waals surface area contributed by atoms with E-state index in [4.69, 9.17) is 4.52 Å². The zero-order valence-electron chi connectivity index (χ0n) is 15.4. The van der Waals surface area contributed by atoms with Crippen molar-refractivity contribution in [2.75, 3.05) is 0 Å². The van der Waals surface area contributed by atoms with Gasteiger partial charge in [0.2, 0.25) is 10.0 Å². The molecule has 146 valence electrons. The summed E-state index contributed by atoms with van der Waals surface area (Å²) >= 11 is 1.20. The van der Waals surface area contributed by atoms with Gasteiger partial charge in [0.25, 0.3) is 0 Å². The lowest BCUT2D eigenvalue weighted by Crippen LogP contribution is -2.26. The van der Waals surface area contributed by atoms with E-state index < -0.39 is 10.0 Å². The van der Waals surface area contributed by atoms with E-state index in [-0.39, 0.29) is 16.2 Å². The minimum atomic E-state index is -3.56. The SMILES string of the molecule is O=S(=O)(N[C@H]1C[C@@H]1c1ccccc1)c1ccc(-c2cc(-c3ccccc3)on2)s1. The number of sulfonamides is 1. The lowest BCUT2D eigenvalue weighted by Gasteiger charge is -2.04. The zero-order valence-corrected chi connectivity index (χ0v) is 17.0. The molecule has 0 spiro atoms. The second-order valence-electron chi connectivity index (χ2n) is 7.04. The predicted molar refractivity (Wildman–Crippen MR) is 113 cm³/mol. The molecule has 5 rings (SSSR count). The molecule has 4 aromatic rings. The van der Waals surface area contributed by atoms with E-state index in [1.54, 1.807) is 12.1 Å². The van der Waals surface area contributed by atoms with Crippen LogP contribution < -0.4 is 4.72 Å². The molecule has 2 aromatic heterocycles. The van der Waals surface area contributed by atoms with Crippen LogP contribution in [0.25, 0.3) is 21.9 Å². The molecule has 1 saturated carbocycles. The molecule has 29 heavy (non-hydrogen) atoms. The van der Waals surface area contributed by atoms with Crippen molar-refractivity contribution >= 4 is 21.4 Å². The van der Waals surface area contributed by atoms with Crippen LogP contribution in [-0.4, -0.2) is 19.6 Å². The molecule has 0 radical (unpaired) electrons. The van der Waals surface area contributed by atoms with Crippen LogP contribution in [0, 0.1) is 0 Å². The smallest absolute Gasteiger partial charge is 0.250 e. The molecule has 0 saturated heterocycles. The fourth-order valence-corrected chi connectivity index (χ4v) is 5.95. The quantitative estimate of drug-likeness (QED) is 0.479. The molecule has 1 N–H and O–H groups in total. The Labute approximate surface area is 173 Å². The standard InChI is InChI=1S/C22H18N2O3S2/c25-29(26,24-18-13-17(18)15-7-3-1-4-8-15)22-12-11-21(28-22)19-14-20(27-23-19)16-9-5-2-6-10-16/h1-12,14,17-18,24H,13H2/t17-,18+/m1/s1. The fraction of sp³-hybridized carbons (Fsp3) is 0.136. The third-order valence-corrected chi connectivity index (χ3v) is 8.08. The van der Waals surface area contributed by atoms with Crippen molar-refractivity contribution in [3.8, 4) is 21.9 Å². The molecule has 0 bridgehead atoms. The van der Waals surface area contributed by atoms with Crippen LogP contribution in [0.1, 0.15) is 17.9 Å². The minimum absolute atomic E-state index is 0.0512. The highest BCUT2D eigenvalue weighted by atomic mass is 32.2. The highest BCUT2D eigenvalue weighted by molar-refractivity contribution is 7.91. The summed E-state index contributed by atoms with van der Waals surface area (Å²) in [7, 11) is -3.56. The van der Waals surface area contributed by atoms with Crippen molar-refractivity contribution in [3.63, 3.8) is 0 Å². The third kappa shape index (κ3) is 3.76. The Kier molecular flexibility index (Phi) is 4.58. The number of rotatable bonds is 6. The molecule has 1 fully saturated rings. The van der Waals surface area contributed by atoms with E-state index in [2.05, 4.69) is 9.88 Å². The fourth-order valence-electron chi connectivity index (χ4n) is 3.38. The molecule has 0 aliphatic heterocycles. The minimum Gasteiger partial charge on any atom is -0.356 e. The molecule has 7 heteroatoms. The van der Waals surface area contributed by atoms with Crippen LogP contribution in [0.15, 0.2) is 87.6 Å². The highest BCUT2D eigenvalue weighted by Crippen LogP contribution is 2.42. The van der Waals surface area contributed by atoms with Gasteiger partial charge in [-0.05, 0) is 24.1 Å².